The number of amides is 3. The Bertz CT molecular complexity index is 1210. The molecule has 5 nitrogen and oxygen atoms in total. The van der Waals surface area contributed by atoms with E-state index in [-0.39, 0.29) is 23.1 Å². The van der Waals surface area contributed by atoms with Crippen LogP contribution in [0, 0.1) is 11.6 Å². The summed E-state index contributed by atoms with van der Waals surface area (Å²) in [4.78, 5) is 38.2. The molecular weight excluding hydrogens is 402 g/mol. The SMILES string of the molecule is CN1C(=O)c2ccc(C(=O)N[C@@H](Cc3cccc(F)c3)c3cccc(F)c3)cc2C1=O. The Balaban J connectivity index is 1.63. The first-order valence-corrected chi connectivity index (χ1v) is 9.60. The van der Waals surface area contributed by atoms with Crippen LogP contribution < -0.4 is 5.32 Å². The molecule has 0 saturated carbocycles. The van der Waals surface area contributed by atoms with Crippen molar-refractivity contribution in [3.05, 3.63) is 106 Å². The molecule has 1 aliphatic heterocycles. The van der Waals surface area contributed by atoms with E-state index in [1.54, 1.807) is 18.2 Å². The Morgan fingerprint density at radius 2 is 1.58 bits per heavy atom. The van der Waals surface area contributed by atoms with E-state index in [1.165, 1.54) is 55.6 Å². The fourth-order valence-corrected chi connectivity index (χ4v) is 3.62. The lowest BCUT2D eigenvalue weighted by atomic mass is 9.97. The van der Waals surface area contributed by atoms with Gasteiger partial charge in [0.25, 0.3) is 17.7 Å². The van der Waals surface area contributed by atoms with Crippen LogP contribution in [0.25, 0.3) is 0 Å². The standard InChI is InChI=1S/C24H18F2N2O3/c1-28-23(30)19-9-8-16(13-20(19)24(28)31)22(29)27-21(15-5-3-7-18(26)12-15)11-14-4-2-6-17(25)10-14/h2-10,12-13,21H,11H2,1H3,(H,27,29)/t21-/m0/s1. The molecule has 1 aliphatic rings. The summed E-state index contributed by atoms with van der Waals surface area (Å²) in [5.41, 5.74) is 1.74. The predicted octanol–water partition coefficient (Wildman–Crippen LogP) is 3.90. The highest BCUT2D eigenvalue weighted by Crippen LogP contribution is 2.24. The lowest BCUT2D eigenvalue weighted by Gasteiger charge is -2.20. The van der Waals surface area contributed by atoms with Gasteiger partial charge >= 0.3 is 0 Å². The van der Waals surface area contributed by atoms with Crippen LogP contribution in [0.5, 0.6) is 0 Å². The molecule has 0 spiro atoms. The zero-order valence-electron chi connectivity index (χ0n) is 16.6. The van der Waals surface area contributed by atoms with Crippen molar-refractivity contribution in [1.29, 1.82) is 0 Å². The van der Waals surface area contributed by atoms with Gasteiger partial charge in [0.1, 0.15) is 11.6 Å². The molecule has 4 rings (SSSR count). The molecule has 3 amide bonds. The topological polar surface area (TPSA) is 66.5 Å². The van der Waals surface area contributed by atoms with Crippen molar-refractivity contribution in [2.75, 3.05) is 7.05 Å². The van der Waals surface area contributed by atoms with Crippen LogP contribution in [-0.4, -0.2) is 29.7 Å². The van der Waals surface area contributed by atoms with Gasteiger partial charge in [0.2, 0.25) is 0 Å². The number of nitrogens with one attached hydrogen (secondary N) is 1. The number of halogens is 2. The van der Waals surface area contributed by atoms with Gasteiger partial charge < -0.3 is 5.32 Å². The Morgan fingerprint density at radius 1 is 0.903 bits per heavy atom. The Kier molecular flexibility index (Phi) is 5.33. The smallest absolute Gasteiger partial charge is 0.261 e. The average Bonchev–Trinajstić information content (AvgIpc) is 2.97. The third-order valence-electron chi connectivity index (χ3n) is 5.24. The largest absolute Gasteiger partial charge is 0.345 e. The minimum absolute atomic E-state index is 0.160. The molecule has 0 aromatic heterocycles. The van der Waals surface area contributed by atoms with Crippen molar-refractivity contribution in [2.45, 2.75) is 12.5 Å². The van der Waals surface area contributed by atoms with Gasteiger partial charge in [0.05, 0.1) is 17.2 Å². The van der Waals surface area contributed by atoms with E-state index in [9.17, 15) is 23.2 Å². The highest BCUT2D eigenvalue weighted by atomic mass is 19.1. The molecule has 0 saturated heterocycles. The highest BCUT2D eigenvalue weighted by molar-refractivity contribution is 6.21. The average molecular weight is 420 g/mol. The van der Waals surface area contributed by atoms with Crippen LogP contribution in [0.3, 0.4) is 0 Å². The van der Waals surface area contributed by atoms with E-state index in [2.05, 4.69) is 5.32 Å². The van der Waals surface area contributed by atoms with E-state index < -0.39 is 35.4 Å². The number of imide groups is 1. The van der Waals surface area contributed by atoms with E-state index in [4.69, 9.17) is 0 Å². The molecule has 0 aliphatic carbocycles. The summed E-state index contributed by atoms with van der Waals surface area (Å²) in [6.45, 7) is 0. The third kappa shape index (κ3) is 4.07. The maximum Gasteiger partial charge on any atom is 0.261 e. The second-order valence-electron chi connectivity index (χ2n) is 7.34. The minimum Gasteiger partial charge on any atom is -0.345 e. The van der Waals surface area contributed by atoms with Crippen LogP contribution in [0.15, 0.2) is 66.7 Å². The van der Waals surface area contributed by atoms with Crippen molar-refractivity contribution >= 4 is 17.7 Å². The van der Waals surface area contributed by atoms with Crippen LogP contribution in [0.4, 0.5) is 8.78 Å². The molecule has 0 bridgehead atoms. The monoisotopic (exact) mass is 420 g/mol. The van der Waals surface area contributed by atoms with E-state index >= 15 is 0 Å². The zero-order valence-corrected chi connectivity index (χ0v) is 16.6. The van der Waals surface area contributed by atoms with Gasteiger partial charge in [0.15, 0.2) is 0 Å². The van der Waals surface area contributed by atoms with Gasteiger partial charge in [-0.25, -0.2) is 8.78 Å². The van der Waals surface area contributed by atoms with E-state index in [0.29, 0.717) is 11.1 Å². The molecule has 1 heterocycles. The molecule has 0 unspecified atom stereocenters. The van der Waals surface area contributed by atoms with Gasteiger partial charge in [-0.15, -0.1) is 0 Å². The van der Waals surface area contributed by atoms with Crippen LogP contribution >= 0.6 is 0 Å². The molecule has 156 valence electrons. The fraction of sp³-hybridized carbons (Fsp3) is 0.125. The number of carbonyl (C=O) groups excluding carboxylic acids is 3. The van der Waals surface area contributed by atoms with E-state index in [1.807, 2.05) is 0 Å². The van der Waals surface area contributed by atoms with Crippen LogP contribution in [0.2, 0.25) is 0 Å². The van der Waals surface area contributed by atoms with Crippen LogP contribution in [-0.2, 0) is 6.42 Å². The number of nitrogens with zero attached hydrogens (tertiary/aromatic N) is 1. The molecule has 7 heteroatoms. The molecule has 31 heavy (non-hydrogen) atoms. The summed E-state index contributed by atoms with van der Waals surface area (Å²) < 4.78 is 27.4. The predicted molar refractivity (Wildman–Crippen MR) is 110 cm³/mol. The summed E-state index contributed by atoms with van der Waals surface area (Å²) in [6, 6.07) is 15.4. The summed E-state index contributed by atoms with van der Waals surface area (Å²) >= 11 is 0. The minimum atomic E-state index is -0.640. The van der Waals surface area contributed by atoms with Crippen molar-refractivity contribution in [3.8, 4) is 0 Å². The van der Waals surface area contributed by atoms with Gasteiger partial charge in [-0.05, 0) is 60.0 Å². The molecule has 1 N–H and O–H groups in total. The van der Waals surface area contributed by atoms with Crippen molar-refractivity contribution in [2.24, 2.45) is 0 Å². The first-order chi connectivity index (χ1) is 14.8. The lowest BCUT2D eigenvalue weighted by molar-refractivity contribution is 0.0693. The molecular formula is C24H18F2N2O3. The maximum absolute atomic E-state index is 13.8. The number of fused-ring (bicyclic) bond motifs is 1. The number of carbonyl (C=O) groups is 3. The van der Waals surface area contributed by atoms with Gasteiger partial charge in [-0.3, -0.25) is 19.3 Å². The Morgan fingerprint density at radius 3 is 2.29 bits per heavy atom. The van der Waals surface area contributed by atoms with Crippen molar-refractivity contribution in [1.82, 2.24) is 10.2 Å². The molecule has 0 fully saturated rings. The fourth-order valence-electron chi connectivity index (χ4n) is 3.62. The number of hydrogen-bond donors (Lipinski definition) is 1. The Labute approximate surface area is 177 Å². The molecule has 1 atom stereocenters. The Hall–Kier alpha value is -3.87. The van der Waals surface area contributed by atoms with Gasteiger partial charge in [-0.2, -0.15) is 0 Å². The second kappa shape index (κ2) is 8.10. The van der Waals surface area contributed by atoms with Gasteiger partial charge in [-0.1, -0.05) is 24.3 Å². The van der Waals surface area contributed by atoms with Crippen molar-refractivity contribution in [3.63, 3.8) is 0 Å². The van der Waals surface area contributed by atoms with Crippen molar-refractivity contribution < 1.29 is 23.2 Å². The third-order valence-corrected chi connectivity index (χ3v) is 5.24. The zero-order chi connectivity index (χ0) is 22.1. The number of benzene rings is 3. The quantitative estimate of drug-likeness (QED) is 0.637. The van der Waals surface area contributed by atoms with E-state index in [0.717, 1.165) is 4.90 Å². The first kappa shape index (κ1) is 20.4. The molecule has 3 aromatic carbocycles. The summed E-state index contributed by atoms with van der Waals surface area (Å²) in [5.74, 6) is -2.26. The summed E-state index contributed by atoms with van der Waals surface area (Å²) in [7, 11) is 1.38. The summed E-state index contributed by atoms with van der Waals surface area (Å²) in [5, 5.41) is 2.84. The number of hydrogen-bond acceptors (Lipinski definition) is 3. The van der Waals surface area contributed by atoms with Gasteiger partial charge in [0, 0.05) is 12.6 Å². The molecule has 3 aromatic rings. The first-order valence-electron chi connectivity index (χ1n) is 9.60. The highest BCUT2D eigenvalue weighted by Gasteiger charge is 2.33. The van der Waals surface area contributed by atoms with Crippen LogP contribution in [0.1, 0.15) is 48.2 Å². The second-order valence-corrected chi connectivity index (χ2v) is 7.34. The maximum atomic E-state index is 13.8. The molecule has 0 radical (unpaired) electrons. The normalized spacial score (nSPS) is 13.8. The lowest BCUT2D eigenvalue weighted by Crippen LogP contribution is -2.30. The number of rotatable bonds is 5. The summed E-state index contributed by atoms with van der Waals surface area (Å²) in [6.07, 6.45) is 0.234.